The Kier molecular flexibility index (Phi) is 5.23. The fourth-order valence-electron chi connectivity index (χ4n) is 1.90. The molecule has 0 aliphatic carbocycles. The molecule has 0 radical (unpaired) electrons. The van der Waals surface area contributed by atoms with Crippen LogP contribution in [0.3, 0.4) is 0 Å². The van der Waals surface area contributed by atoms with Crippen molar-refractivity contribution in [3.8, 4) is 0 Å². The molecule has 0 saturated heterocycles. The van der Waals surface area contributed by atoms with E-state index in [1.165, 1.54) is 25.7 Å². The molecule has 0 aromatic carbocycles. The first-order valence-electron chi connectivity index (χ1n) is 5.91. The van der Waals surface area contributed by atoms with Crippen LogP contribution in [0.5, 0.6) is 0 Å². The van der Waals surface area contributed by atoms with Gasteiger partial charge in [-0.05, 0) is 12.3 Å². The summed E-state index contributed by atoms with van der Waals surface area (Å²) in [5, 5.41) is 6.42. The van der Waals surface area contributed by atoms with Gasteiger partial charge in [0.05, 0.1) is 0 Å². The first-order valence-corrected chi connectivity index (χ1v) is 6.25. The van der Waals surface area contributed by atoms with Gasteiger partial charge in [0.2, 0.25) is 0 Å². The molecule has 88 valence electrons. The van der Waals surface area contributed by atoms with Crippen molar-refractivity contribution in [3.63, 3.8) is 0 Å². The molecule has 4 heteroatoms. The normalized spacial score (nSPS) is 20.7. The van der Waals surface area contributed by atoms with Crippen molar-refractivity contribution in [1.29, 1.82) is 0 Å². The predicted octanol–water partition coefficient (Wildman–Crippen LogP) is 3.26. The minimum absolute atomic E-state index is 0.230. The molecule has 0 bridgehead atoms. The molecule has 1 heterocycles. The van der Waals surface area contributed by atoms with Gasteiger partial charge in [-0.1, -0.05) is 40.0 Å². The van der Waals surface area contributed by atoms with E-state index in [1.807, 2.05) is 0 Å². The van der Waals surface area contributed by atoms with E-state index in [1.54, 1.807) is 10.8 Å². The Morgan fingerprint density at radius 3 is 2.67 bits per heavy atom. The third-order valence-corrected chi connectivity index (χ3v) is 2.99. The first-order chi connectivity index (χ1) is 7.16. The van der Waals surface area contributed by atoms with E-state index in [4.69, 9.17) is 11.8 Å². The molecule has 0 amide bonds. The van der Waals surface area contributed by atoms with Gasteiger partial charge in [0.1, 0.15) is 12.5 Å². The van der Waals surface area contributed by atoms with Gasteiger partial charge in [-0.3, -0.25) is 5.01 Å². The van der Waals surface area contributed by atoms with Crippen LogP contribution in [0.1, 0.15) is 46.5 Å². The number of hydrogen-bond donors (Lipinski definition) is 0. The topological polar surface area (TPSA) is 18.8 Å². The molecular weight excluding hydrogens is 210 g/mol. The van der Waals surface area contributed by atoms with Crippen molar-refractivity contribution in [2.75, 3.05) is 6.54 Å². The summed E-state index contributed by atoms with van der Waals surface area (Å²) in [5.41, 5.74) is 0. The quantitative estimate of drug-likeness (QED) is 0.516. The maximum atomic E-state index is 6.05. The number of rotatable bonds is 6. The van der Waals surface area contributed by atoms with Crippen molar-refractivity contribution in [2.24, 2.45) is 11.0 Å². The Bertz CT molecular complexity index is 206. The molecule has 1 atom stereocenters. The monoisotopic (exact) mass is 231 g/mol. The van der Waals surface area contributed by atoms with Gasteiger partial charge < -0.3 is 0 Å². The van der Waals surface area contributed by atoms with E-state index in [2.05, 4.69) is 30.9 Å². The Hall–Kier alpha value is -0.440. The minimum atomic E-state index is 0.230. The minimum Gasteiger partial charge on any atom is -0.272 e. The third-order valence-electron chi connectivity index (χ3n) is 2.71. The zero-order valence-corrected chi connectivity index (χ0v) is 10.7. The molecule has 1 rings (SSSR count). The zero-order valence-electron chi connectivity index (χ0n) is 9.99. The van der Waals surface area contributed by atoms with Crippen LogP contribution >= 0.6 is 11.8 Å². The summed E-state index contributed by atoms with van der Waals surface area (Å²) in [5.74, 6) is 0.496. The molecule has 0 N–H and O–H groups in total. The second kappa shape index (κ2) is 6.21. The molecule has 15 heavy (non-hydrogen) atoms. The lowest BCUT2D eigenvalue weighted by Gasteiger charge is -2.29. The summed E-state index contributed by atoms with van der Waals surface area (Å²) >= 11 is 6.05. The van der Waals surface area contributed by atoms with E-state index >= 15 is 0 Å². The summed E-state index contributed by atoms with van der Waals surface area (Å²) in [4.78, 5) is 0. The Morgan fingerprint density at radius 1 is 1.33 bits per heavy atom. The number of hydrogen-bond acceptors (Lipinski definition) is 3. The van der Waals surface area contributed by atoms with Gasteiger partial charge in [0.15, 0.2) is 0 Å². The summed E-state index contributed by atoms with van der Waals surface area (Å²) in [6, 6.07) is 0. The number of halogens is 1. The van der Waals surface area contributed by atoms with Crippen molar-refractivity contribution < 1.29 is 0 Å². The van der Waals surface area contributed by atoms with Crippen LogP contribution in [0.4, 0.5) is 0 Å². The molecule has 0 aromatic rings. The molecule has 0 spiro atoms. The summed E-state index contributed by atoms with van der Waals surface area (Å²) in [7, 11) is 0. The van der Waals surface area contributed by atoms with Gasteiger partial charge in [-0.15, -0.1) is 0 Å². The van der Waals surface area contributed by atoms with E-state index in [-0.39, 0.29) is 6.17 Å². The average Bonchev–Trinajstić information content (AvgIpc) is 2.54. The van der Waals surface area contributed by atoms with Crippen LogP contribution < -0.4 is 0 Å². The van der Waals surface area contributed by atoms with Crippen molar-refractivity contribution >= 4 is 18.1 Å². The van der Waals surface area contributed by atoms with Gasteiger partial charge >= 0.3 is 0 Å². The Labute approximate surface area is 98.2 Å². The lowest BCUT2D eigenvalue weighted by atomic mass is 10.1. The Morgan fingerprint density at radius 2 is 2.07 bits per heavy atom. The van der Waals surface area contributed by atoms with Crippen LogP contribution in [0.25, 0.3) is 0 Å². The fourth-order valence-corrected chi connectivity index (χ4v) is 2.26. The van der Waals surface area contributed by atoms with Crippen LogP contribution in [0.2, 0.25) is 0 Å². The molecule has 1 aliphatic rings. The average molecular weight is 232 g/mol. The fraction of sp³-hybridized carbons (Fsp3) is 0.909. The molecule has 3 nitrogen and oxygen atoms in total. The number of nitrogens with zero attached hydrogens (tertiary/aromatic N) is 3. The van der Waals surface area contributed by atoms with Gasteiger partial charge in [0, 0.05) is 18.3 Å². The second-order valence-corrected chi connectivity index (χ2v) is 4.85. The standard InChI is InChI=1S/C11H22ClN3/c1-4-5-6-7-8-15-11(10(2)3)14(12)9-13-15/h9-11H,4-8H2,1-3H3. The highest BCUT2D eigenvalue weighted by molar-refractivity contribution is 6.19. The lowest BCUT2D eigenvalue weighted by molar-refractivity contribution is 0.128. The van der Waals surface area contributed by atoms with Crippen LogP contribution in [0.15, 0.2) is 5.10 Å². The number of unbranched alkanes of at least 4 members (excludes halogenated alkanes) is 3. The highest BCUT2D eigenvalue weighted by Crippen LogP contribution is 2.22. The van der Waals surface area contributed by atoms with Gasteiger partial charge in [0.25, 0.3) is 0 Å². The molecule has 0 fully saturated rings. The smallest absolute Gasteiger partial charge is 0.136 e. The van der Waals surface area contributed by atoms with Gasteiger partial charge in [-0.2, -0.15) is 5.10 Å². The highest BCUT2D eigenvalue weighted by atomic mass is 35.5. The van der Waals surface area contributed by atoms with Gasteiger partial charge in [-0.25, -0.2) is 4.42 Å². The molecule has 0 aromatic heterocycles. The maximum Gasteiger partial charge on any atom is 0.136 e. The lowest BCUT2D eigenvalue weighted by Crippen LogP contribution is -2.39. The first kappa shape index (κ1) is 12.6. The third kappa shape index (κ3) is 3.56. The van der Waals surface area contributed by atoms with Crippen molar-refractivity contribution in [2.45, 2.75) is 52.6 Å². The summed E-state index contributed by atoms with van der Waals surface area (Å²) < 4.78 is 1.69. The van der Waals surface area contributed by atoms with E-state index in [0.717, 1.165) is 6.54 Å². The zero-order chi connectivity index (χ0) is 11.3. The van der Waals surface area contributed by atoms with Crippen LogP contribution in [0, 0.1) is 5.92 Å². The van der Waals surface area contributed by atoms with E-state index in [9.17, 15) is 0 Å². The van der Waals surface area contributed by atoms with Crippen LogP contribution in [-0.4, -0.2) is 28.5 Å². The highest BCUT2D eigenvalue weighted by Gasteiger charge is 2.29. The summed E-state index contributed by atoms with van der Waals surface area (Å²) in [6.45, 7) is 7.59. The Balaban J connectivity index is 2.31. The molecular formula is C11H22ClN3. The second-order valence-electron chi connectivity index (χ2n) is 4.46. The van der Waals surface area contributed by atoms with Crippen LogP contribution in [-0.2, 0) is 0 Å². The number of hydrazone groups is 1. The van der Waals surface area contributed by atoms with Crippen molar-refractivity contribution in [1.82, 2.24) is 9.43 Å². The van der Waals surface area contributed by atoms with E-state index in [0.29, 0.717) is 5.92 Å². The largest absolute Gasteiger partial charge is 0.272 e. The van der Waals surface area contributed by atoms with Crippen molar-refractivity contribution in [3.05, 3.63) is 0 Å². The predicted molar refractivity (Wildman–Crippen MR) is 65.7 cm³/mol. The molecule has 1 unspecified atom stereocenters. The SMILES string of the molecule is CCCCCCN1N=CN(Cl)C1C(C)C. The summed E-state index contributed by atoms with van der Waals surface area (Å²) in [6.07, 6.45) is 7.03. The van der Waals surface area contributed by atoms with E-state index < -0.39 is 0 Å². The molecule has 0 saturated carbocycles. The maximum absolute atomic E-state index is 6.05. The molecule has 1 aliphatic heterocycles.